The van der Waals surface area contributed by atoms with Crippen molar-refractivity contribution in [1.82, 2.24) is 0 Å². The number of hydrogen-bond acceptors (Lipinski definition) is 2. The lowest BCUT2D eigenvalue weighted by molar-refractivity contribution is 0.0920. The van der Waals surface area contributed by atoms with E-state index in [1.807, 2.05) is 13.8 Å². The first-order chi connectivity index (χ1) is 4.68. The van der Waals surface area contributed by atoms with Gasteiger partial charge in [0.15, 0.2) is 0 Å². The molecule has 0 unspecified atom stereocenters. The van der Waals surface area contributed by atoms with Crippen molar-refractivity contribution in [2.24, 2.45) is 0 Å². The van der Waals surface area contributed by atoms with Crippen molar-refractivity contribution in [3.63, 3.8) is 0 Å². The van der Waals surface area contributed by atoms with Gasteiger partial charge in [0.25, 0.3) is 0 Å². The number of rotatable bonds is 2. The van der Waals surface area contributed by atoms with Gasteiger partial charge in [0.1, 0.15) is 11.7 Å². The number of methoxy groups -OCH3 is 1. The topological polar surface area (TPSA) is 29.5 Å². The molecule has 0 aromatic heterocycles. The van der Waals surface area contributed by atoms with Crippen LogP contribution in [0.15, 0.2) is 0 Å². The maximum Gasteiger partial charge on any atom is 0.128 e. The van der Waals surface area contributed by atoms with Gasteiger partial charge in [0, 0.05) is 0 Å². The van der Waals surface area contributed by atoms with Gasteiger partial charge in [0.05, 0.1) is 7.11 Å². The highest BCUT2D eigenvalue weighted by molar-refractivity contribution is 5.09. The summed E-state index contributed by atoms with van der Waals surface area (Å²) in [6.45, 7) is 3.79. The average molecular weight is 142 g/mol. The molecule has 0 radical (unpaired) electrons. The molecule has 0 aliphatic carbocycles. The van der Waals surface area contributed by atoms with Crippen LogP contribution in [-0.2, 0) is 4.74 Å². The molecule has 0 rings (SSSR count). The van der Waals surface area contributed by atoms with E-state index >= 15 is 0 Å². The zero-order valence-electron chi connectivity index (χ0n) is 6.77. The van der Waals surface area contributed by atoms with Crippen LogP contribution in [-0.4, -0.2) is 17.8 Å². The SMILES string of the molecule is CCC(O)(C#COC)CC. The van der Waals surface area contributed by atoms with E-state index in [0.29, 0.717) is 12.8 Å². The smallest absolute Gasteiger partial charge is 0.128 e. The second-order valence-electron chi connectivity index (χ2n) is 2.17. The van der Waals surface area contributed by atoms with Gasteiger partial charge in [-0.2, -0.15) is 0 Å². The fourth-order valence-corrected chi connectivity index (χ4v) is 0.573. The second-order valence-corrected chi connectivity index (χ2v) is 2.17. The Morgan fingerprint density at radius 1 is 1.40 bits per heavy atom. The third-order valence-corrected chi connectivity index (χ3v) is 1.56. The van der Waals surface area contributed by atoms with Crippen molar-refractivity contribution in [2.75, 3.05) is 7.11 Å². The molecule has 0 saturated heterocycles. The van der Waals surface area contributed by atoms with Crippen LogP contribution in [0.1, 0.15) is 26.7 Å². The summed E-state index contributed by atoms with van der Waals surface area (Å²) in [6.07, 6.45) is 3.67. The number of aliphatic hydroxyl groups is 1. The predicted octanol–water partition coefficient (Wildman–Crippen LogP) is 1.14. The van der Waals surface area contributed by atoms with Gasteiger partial charge in [-0.1, -0.05) is 13.8 Å². The maximum absolute atomic E-state index is 9.51. The Bertz CT molecular complexity index is 137. The van der Waals surface area contributed by atoms with Crippen molar-refractivity contribution in [3.05, 3.63) is 0 Å². The van der Waals surface area contributed by atoms with Gasteiger partial charge >= 0.3 is 0 Å². The molecule has 0 heterocycles. The molecule has 0 atom stereocenters. The van der Waals surface area contributed by atoms with E-state index < -0.39 is 5.60 Å². The van der Waals surface area contributed by atoms with Crippen LogP contribution < -0.4 is 0 Å². The van der Waals surface area contributed by atoms with Crippen molar-refractivity contribution in [3.8, 4) is 12.0 Å². The summed E-state index contributed by atoms with van der Waals surface area (Å²) in [6, 6.07) is 0. The molecule has 0 aromatic carbocycles. The minimum absolute atomic E-state index is 0.639. The summed E-state index contributed by atoms with van der Waals surface area (Å²) < 4.78 is 4.52. The van der Waals surface area contributed by atoms with Crippen LogP contribution in [0.25, 0.3) is 0 Å². The van der Waals surface area contributed by atoms with E-state index in [4.69, 9.17) is 0 Å². The lowest BCUT2D eigenvalue weighted by atomic mass is 9.99. The molecule has 2 heteroatoms. The third-order valence-electron chi connectivity index (χ3n) is 1.56. The highest BCUT2D eigenvalue weighted by Gasteiger charge is 2.18. The molecule has 0 bridgehead atoms. The molecular weight excluding hydrogens is 128 g/mol. The van der Waals surface area contributed by atoms with Crippen LogP contribution in [0.5, 0.6) is 0 Å². The van der Waals surface area contributed by atoms with Crippen molar-refractivity contribution in [2.45, 2.75) is 32.3 Å². The van der Waals surface area contributed by atoms with Crippen molar-refractivity contribution >= 4 is 0 Å². The van der Waals surface area contributed by atoms with E-state index in [1.54, 1.807) is 0 Å². The Balaban J connectivity index is 4.05. The zero-order chi connectivity index (χ0) is 8.04. The van der Waals surface area contributed by atoms with Gasteiger partial charge in [-0.05, 0) is 18.8 Å². The average Bonchev–Trinajstić information content (AvgIpc) is 2.00. The molecule has 10 heavy (non-hydrogen) atoms. The van der Waals surface area contributed by atoms with Crippen LogP contribution in [0.4, 0.5) is 0 Å². The summed E-state index contributed by atoms with van der Waals surface area (Å²) >= 11 is 0. The molecule has 0 aromatic rings. The van der Waals surface area contributed by atoms with E-state index in [1.165, 1.54) is 7.11 Å². The molecule has 2 nitrogen and oxygen atoms in total. The van der Waals surface area contributed by atoms with Crippen LogP contribution in [0.2, 0.25) is 0 Å². The molecule has 0 amide bonds. The Kier molecular flexibility index (Phi) is 3.90. The first-order valence-electron chi connectivity index (χ1n) is 3.46. The minimum atomic E-state index is -0.851. The van der Waals surface area contributed by atoms with Gasteiger partial charge in [-0.3, -0.25) is 0 Å². The lowest BCUT2D eigenvalue weighted by Crippen LogP contribution is -2.23. The van der Waals surface area contributed by atoms with Gasteiger partial charge in [-0.25, -0.2) is 0 Å². The third kappa shape index (κ3) is 2.75. The fourth-order valence-electron chi connectivity index (χ4n) is 0.573. The standard InChI is InChI=1S/C8H14O2/c1-4-8(9,5-2)6-7-10-3/h9H,4-5H2,1-3H3. The summed E-state index contributed by atoms with van der Waals surface area (Å²) in [5, 5.41) is 9.51. The molecular formula is C8H14O2. The predicted molar refractivity (Wildman–Crippen MR) is 40.3 cm³/mol. The summed E-state index contributed by atoms with van der Waals surface area (Å²) in [5.74, 6) is 2.63. The number of hydrogen-bond donors (Lipinski definition) is 1. The van der Waals surface area contributed by atoms with E-state index in [9.17, 15) is 5.11 Å². The largest absolute Gasteiger partial charge is 0.450 e. The van der Waals surface area contributed by atoms with Gasteiger partial charge < -0.3 is 9.84 Å². The lowest BCUT2D eigenvalue weighted by Gasteiger charge is -2.16. The number of ether oxygens (including phenoxy) is 1. The highest BCUT2D eigenvalue weighted by Crippen LogP contribution is 2.12. The van der Waals surface area contributed by atoms with E-state index in [-0.39, 0.29) is 0 Å². The Morgan fingerprint density at radius 2 is 1.90 bits per heavy atom. The van der Waals surface area contributed by atoms with Crippen LogP contribution in [0, 0.1) is 12.0 Å². The monoisotopic (exact) mass is 142 g/mol. The molecule has 0 saturated carbocycles. The maximum atomic E-state index is 9.51. The molecule has 58 valence electrons. The van der Waals surface area contributed by atoms with Gasteiger partial charge in [-0.15, -0.1) is 0 Å². The normalized spacial score (nSPS) is 10.0. The Labute approximate surface area is 62.2 Å². The van der Waals surface area contributed by atoms with E-state index in [0.717, 1.165) is 0 Å². The second kappa shape index (κ2) is 4.19. The minimum Gasteiger partial charge on any atom is -0.450 e. The summed E-state index contributed by atoms with van der Waals surface area (Å²) in [5.41, 5.74) is -0.851. The molecule has 1 N–H and O–H groups in total. The van der Waals surface area contributed by atoms with E-state index in [2.05, 4.69) is 16.8 Å². The molecule has 0 aliphatic heterocycles. The van der Waals surface area contributed by atoms with Crippen LogP contribution in [0.3, 0.4) is 0 Å². The molecule has 0 spiro atoms. The zero-order valence-corrected chi connectivity index (χ0v) is 6.77. The fraction of sp³-hybridized carbons (Fsp3) is 0.750. The summed E-state index contributed by atoms with van der Waals surface area (Å²) in [4.78, 5) is 0. The first-order valence-corrected chi connectivity index (χ1v) is 3.46. The Hall–Kier alpha value is -0.680. The quantitative estimate of drug-likeness (QED) is 0.586. The van der Waals surface area contributed by atoms with Crippen molar-refractivity contribution < 1.29 is 9.84 Å². The molecule has 0 aliphatic rings. The summed E-state index contributed by atoms with van der Waals surface area (Å²) in [7, 11) is 1.48. The van der Waals surface area contributed by atoms with Crippen LogP contribution >= 0.6 is 0 Å². The highest BCUT2D eigenvalue weighted by atomic mass is 16.5. The van der Waals surface area contributed by atoms with Gasteiger partial charge in [0.2, 0.25) is 0 Å². The molecule has 0 fully saturated rings. The Morgan fingerprint density at radius 3 is 2.20 bits per heavy atom. The van der Waals surface area contributed by atoms with Crippen molar-refractivity contribution in [1.29, 1.82) is 0 Å². The first kappa shape index (κ1) is 9.32.